The number of nitriles is 1. The maximum absolute atomic E-state index is 10.2. The van der Waals surface area contributed by atoms with Gasteiger partial charge in [-0.1, -0.05) is 89.4 Å². The molecule has 0 radical (unpaired) electrons. The average molecular weight is 626 g/mol. The number of imidazole rings is 1. The van der Waals surface area contributed by atoms with Gasteiger partial charge in [-0.3, -0.25) is 9.78 Å². The summed E-state index contributed by atoms with van der Waals surface area (Å²) >= 11 is 1.79. The highest BCUT2D eigenvalue weighted by atomic mass is 32.2. The fourth-order valence-corrected chi connectivity index (χ4v) is 4.95. The Balaban J connectivity index is 0.000000319. The molecule has 1 N–H and O–H groups in total. The Morgan fingerprint density at radius 3 is 2.31 bits per heavy atom. The highest BCUT2D eigenvalue weighted by Gasteiger charge is 2.01. The monoisotopic (exact) mass is 625 g/mol. The molecular weight excluding hydrogens is 575 g/mol. The van der Waals surface area contributed by atoms with E-state index in [9.17, 15) is 4.79 Å². The van der Waals surface area contributed by atoms with Gasteiger partial charge < -0.3 is 9.88 Å². The Labute approximate surface area is 276 Å². The molecule has 240 valence electrons. The lowest BCUT2D eigenvalue weighted by Gasteiger charge is -2.06. The molecule has 0 bridgehead atoms. The quantitative estimate of drug-likeness (QED) is 0.102. The second kappa shape index (κ2) is 24.3. The van der Waals surface area contributed by atoms with E-state index in [4.69, 9.17) is 5.26 Å². The summed E-state index contributed by atoms with van der Waals surface area (Å²) in [5, 5.41) is 11.7. The van der Waals surface area contributed by atoms with Crippen LogP contribution in [0, 0.1) is 24.2 Å². The molecule has 6 nitrogen and oxygen atoms in total. The van der Waals surface area contributed by atoms with Gasteiger partial charge >= 0.3 is 0 Å². The van der Waals surface area contributed by atoms with Crippen LogP contribution in [-0.4, -0.2) is 33.6 Å². The molecule has 2 aromatic carbocycles. The first-order chi connectivity index (χ1) is 21.8. The van der Waals surface area contributed by atoms with Gasteiger partial charge in [-0.15, -0.1) is 11.8 Å². The van der Waals surface area contributed by atoms with E-state index in [1.165, 1.54) is 46.2 Å². The second-order valence-electron chi connectivity index (χ2n) is 10.7. The van der Waals surface area contributed by atoms with Gasteiger partial charge in [-0.05, 0) is 79.1 Å². The van der Waals surface area contributed by atoms with Crippen LogP contribution in [0.3, 0.4) is 0 Å². The fourth-order valence-electron chi connectivity index (χ4n) is 4.18. The fraction of sp³-hybridized carbons (Fsp3) is 0.368. The molecule has 4 rings (SSSR count). The van der Waals surface area contributed by atoms with Gasteiger partial charge in [0, 0.05) is 42.3 Å². The Kier molecular flexibility index (Phi) is 21.1. The molecule has 7 heteroatoms. The Morgan fingerprint density at radius 1 is 1.02 bits per heavy atom. The van der Waals surface area contributed by atoms with Crippen molar-refractivity contribution < 1.29 is 4.79 Å². The van der Waals surface area contributed by atoms with Crippen LogP contribution >= 0.6 is 11.8 Å². The normalized spacial score (nSPS) is 10.1. The van der Waals surface area contributed by atoms with Gasteiger partial charge in [0.05, 0.1) is 18.0 Å². The predicted molar refractivity (Wildman–Crippen MR) is 191 cm³/mol. The first-order valence-corrected chi connectivity index (χ1v) is 16.7. The third kappa shape index (κ3) is 17.2. The number of benzene rings is 2. The molecule has 0 aliphatic rings. The van der Waals surface area contributed by atoms with Crippen LogP contribution in [0.1, 0.15) is 81.0 Å². The molecular formula is C38H51N5OS. The van der Waals surface area contributed by atoms with E-state index in [-0.39, 0.29) is 0 Å². The van der Waals surface area contributed by atoms with Crippen LogP contribution in [-0.2, 0) is 24.3 Å². The van der Waals surface area contributed by atoms with Crippen molar-refractivity contribution in [2.75, 3.05) is 12.8 Å². The number of hydrogen-bond acceptors (Lipinski definition) is 6. The molecule has 2 aromatic heterocycles. The largest absolute Gasteiger partial charge is 0.330 e. The van der Waals surface area contributed by atoms with Gasteiger partial charge in [0.25, 0.3) is 0 Å². The molecule has 0 atom stereocenters. The van der Waals surface area contributed by atoms with Crippen LogP contribution < -0.4 is 5.32 Å². The van der Waals surface area contributed by atoms with E-state index in [1.54, 1.807) is 18.0 Å². The summed E-state index contributed by atoms with van der Waals surface area (Å²) in [6, 6.07) is 20.1. The lowest BCUT2D eigenvalue weighted by atomic mass is 10.1. The number of pyridine rings is 1. The van der Waals surface area contributed by atoms with E-state index in [2.05, 4.69) is 85.7 Å². The van der Waals surface area contributed by atoms with Crippen LogP contribution in [0.15, 0.2) is 90.5 Å². The summed E-state index contributed by atoms with van der Waals surface area (Å²) in [4.78, 5) is 19.6. The number of aldehydes is 1. The topological polar surface area (TPSA) is 83.6 Å². The van der Waals surface area contributed by atoms with Crippen molar-refractivity contribution in [3.63, 3.8) is 0 Å². The summed E-state index contributed by atoms with van der Waals surface area (Å²) in [5.74, 6) is 1.94. The molecule has 0 aliphatic heterocycles. The van der Waals surface area contributed by atoms with Crippen LogP contribution in [0.2, 0.25) is 0 Å². The van der Waals surface area contributed by atoms with Crippen molar-refractivity contribution in [2.24, 2.45) is 5.92 Å². The van der Waals surface area contributed by atoms with Crippen molar-refractivity contribution in [3.05, 3.63) is 119 Å². The number of thioether (sulfide) groups is 1. The number of nitrogens with zero attached hydrogens (tertiary/aromatic N) is 4. The number of allylic oxidation sites excluding steroid dienone is 1. The van der Waals surface area contributed by atoms with Gasteiger partial charge in [-0.25, -0.2) is 4.98 Å². The van der Waals surface area contributed by atoms with Crippen LogP contribution in [0.4, 0.5) is 0 Å². The van der Waals surface area contributed by atoms with Crippen molar-refractivity contribution in [1.29, 1.82) is 5.26 Å². The molecule has 45 heavy (non-hydrogen) atoms. The Morgan fingerprint density at radius 2 is 1.78 bits per heavy atom. The SMILES string of the molecule is CCCC(C)C.CCSc1ccc(C)cc1/C=C/C=O.CCc1cncn1Cc1ccc(C#N)cc1.CNCc1cccnc1. The summed E-state index contributed by atoms with van der Waals surface area (Å²) < 4.78 is 2.13. The minimum Gasteiger partial charge on any atom is -0.330 e. The van der Waals surface area contributed by atoms with Gasteiger partial charge in [-0.2, -0.15) is 5.26 Å². The molecule has 0 fully saturated rings. The first-order valence-electron chi connectivity index (χ1n) is 15.7. The average Bonchev–Trinajstić information content (AvgIpc) is 3.50. The lowest BCUT2D eigenvalue weighted by molar-refractivity contribution is -0.104. The molecule has 0 saturated carbocycles. The molecule has 0 unspecified atom stereocenters. The van der Waals surface area contributed by atoms with Gasteiger partial charge in [0.2, 0.25) is 0 Å². The minimum atomic E-state index is 0.699. The summed E-state index contributed by atoms with van der Waals surface area (Å²) in [6.45, 7) is 14.7. The Hall–Kier alpha value is -3.99. The number of nitrogens with one attached hydrogen (secondary N) is 1. The zero-order chi connectivity index (χ0) is 33.3. The zero-order valence-corrected chi connectivity index (χ0v) is 29.0. The molecule has 0 amide bonds. The molecule has 4 aromatic rings. The van der Waals surface area contributed by atoms with Crippen LogP contribution in [0.5, 0.6) is 0 Å². The smallest absolute Gasteiger partial charge is 0.142 e. The standard InChI is InChI=1S/C13H13N3.C12H14OS.C7H10N2.C6H14/c1-2-13-8-15-10-16(13)9-12-5-3-11(7-14)4-6-12;1-3-14-12-7-6-10(2)9-11(12)5-4-8-13;1-8-5-7-3-2-4-9-6-7;1-4-5-6(2)3/h3-6,8,10H,2,9H2,1H3;4-9H,3H2,1-2H3;2-4,6,8H,5H2,1H3;6H,4-5H2,1-3H3/b;5-4+;;. The highest BCUT2D eigenvalue weighted by molar-refractivity contribution is 7.99. The van der Waals surface area contributed by atoms with E-state index < -0.39 is 0 Å². The highest BCUT2D eigenvalue weighted by Crippen LogP contribution is 2.24. The third-order valence-corrected chi connectivity index (χ3v) is 7.36. The molecule has 0 spiro atoms. The van der Waals surface area contributed by atoms with Crippen molar-refractivity contribution >= 4 is 24.1 Å². The second-order valence-corrected chi connectivity index (χ2v) is 12.0. The molecule has 2 heterocycles. The van der Waals surface area contributed by atoms with E-state index >= 15 is 0 Å². The zero-order valence-electron chi connectivity index (χ0n) is 28.2. The molecule has 0 aliphatic carbocycles. The summed E-state index contributed by atoms with van der Waals surface area (Å²) in [6.07, 6.45) is 15.3. The summed E-state index contributed by atoms with van der Waals surface area (Å²) in [7, 11) is 1.92. The van der Waals surface area contributed by atoms with E-state index in [1.807, 2.05) is 68.2 Å². The first kappa shape index (κ1) is 39.0. The predicted octanol–water partition coefficient (Wildman–Crippen LogP) is 8.93. The van der Waals surface area contributed by atoms with Crippen LogP contribution in [0.25, 0.3) is 6.08 Å². The van der Waals surface area contributed by atoms with E-state index in [0.29, 0.717) is 5.56 Å². The van der Waals surface area contributed by atoms with Crippen molar-refractivity contribution in [3.8, 4) is 6.07 Å². The number of rotatable bonds is 11. The summed E-state index contributed by atoms with van der Waals surface area (Å²) in [5.41, 5.74) is 6.68. The van der Waals surface area contributed by atoms with E-state index in [0.717, 1.165) is 43.0 Å². The number of aryl methyl sites for hydroxylation is 2. The third-order valence-electron chi connectivity index (χ3n) is 6.39. The number of aromatic nitrogens is 3. The van der Waals surface area contributed by atoms with Gasteiger partial charge in [0.1, 0.15) is 6.29 Å². The van der Waals surface area contributed by atoms with Gasteiger partial charge in [0.15, 0.2) is 0 Å². The number of hydrogen-bond donors (Lipinski definition) is 1. The van der Waals surface area contributed by atoms with Crippen molar-refractivity contribution in [2.45, 2.75) is 78.8 Å². The number of carbonyl (C=O) groups is 1. The Bertz CT molecular complexity index is 1410. The lowest BCUT2D eigenvalue weighted by Crippen LogP contribution is -2.04. The maximum Gasteiger partial charge on any atom is 0.142 e. The number of carbonyl (C=O) groups excluding carboxylic acids is 1. The minimum absolute atomic E-state index is 0.699. The van der Waals surface area contributed by atoms with Crippen molar-refractivity contribution in [1.82, 2.24) is 19.9 Å². The maximum atomic E-state index is 10.2. The molecule has 0 saturated heterocycles.